The number of carbonyl (C=O) groups is 1. The minimum absolute atomic E-state index is 0.0272. The Morgan fingerprint density at radius 1 is 1.47 bits per heavy atom. The maximum atomic E-state index is 12.3. The highest BCUT2D eigenvalue weighted by Crippen LogP contribution is 2.23. The molecular weight excluding hydrogens is 259 g/mol. The number of nitrogens with zero attached hydrogens (tertiary/aromatic N) is 1. The predicted octanol–water partition coefficient (Wildman–Crippen LogP) is 2.43. The van der Waals surface area contributed by atoms with E-state index in [0.29, 0.717) is 22.2 Å². The molecule has 0 aliphatic carbocycles. The van der Waals surface area contributed by atoms with E-state index in [1.165, 1.54) is 0 Å². The zero-order valence-electron chi connectivity index (χ0n) is 9.54. The van der Waals surface area contributed by atoms with Crippen LogP contribution >= 0.6 is 23.2 Å². The van der Waals surface area contributed by atoms with Crippen molar-refractivity contribution in [1.29, 1.82) is 0 Å². The lowest BCUT2D eigenvalue weighted by Gasteiger charge is -2.34. The molecular formula is C12H14Cl2N2O. The second kappa shape index (κ2) is 5.25. The quantitative estimate of drug-likeness (QED) is 0.852. The Balaban J connectivity index is 2.24. The van der Waals surface area contributed by atoms with E-state index in [4.69, 9.17) is 23.2 Å². The first-order valence-electron chi connectivity index (χ1n) is 5.56. The first kappa shape index (κ1) is 12.7. The molecule has 17 heavy (non-hydrogen) atoms. The molecule has 1 aromatic rings. The third kappa shape index (κ3) is 2.73. The summed E-state index contributed by atoms with van der Waals surface area (Å²) < 4.78 is 0. The van der Waals surface area contributed by atoms with Crippen molar-refractivity contribution in [2.24, 2.45) is 0 Å². The second-order valence-electron chi connectivity index (χ2n) is 4.18. The molecule has 1 aliphatic heterocycles. The van der Waals surface area contributed by atoms with Gasteiger partial charge in [-0.2, -0.15) is 0 Å². The smallest absolute Gasteiger partial charge is 0.255 e. The Morgan fingerprint density at radius 2 is 2.24 bits per heavy atom. The van der Waals surface area contributed by atoms with Crippen LogP contribution in [0.4, 0.5) is 0 Å². The number of rotatable bonds is 1. The number of amides is 1. The van der Waals surface area contributed by atoms with Gasteiger partial charge in [0.1, 0.15) is 0 Å². The molecule has 92 valence electrons. The molecule has 1 aliphatic rings. The third-order valence-corrected chi connectivity index (χ3v) is 3.47. The van der Waals surface area contributed by atoms with Crippen LogP contribution in [0.25, 0.3) is 0 Å². The Labute approximate surface area is 111 Å². The summed E-state index contributed by atoms with van der Waals surface area (Å²) in [6, 6.07) is 5.15. The maximum Gasteiger partial charge on any atom is 0.255 e. The minimum atomic E-state index is -0.0272. The van der Waals surface area contributed by atoms with Crippen molar-refractivity contribution in [2.75, 3.05) is 19.6 Å². The normalized spacial score (nSPS) is 20.4. The van der Waals surface area contributed by atoms with Gasteiger partial charge in [-0.25, -0.2) is 0 Å². The summed E-state index contributed by atoms with van der Waals surface area (Å²) in [6.45, 7) is 4.37. The number of benzene rings is 1. The van der Waals surface area contributed by atoms with E-state index in [-0.39, 0.29) is 11.9 Å². The van der Waals surface area contributed by atoms with Gasteiger partial charge in [0.2, 0.25) is 0 Å². The third-order valence-electron chi connectivity index (χ3n) is 2.92. The lowest BCUT2D eigenvalue weighted by atomic mass is 10.1. The standard InChI is InChI=1S/C12H14Cl2N2O/c1-8-7-15-4-5-16(8)12(17)10-3-2-9(13)6-11(10)14/h2-3,6,8,15H,4-5,7H2,1H3/t8-/m1/s1. The summed E-state index contributed by atoms with van der Waals surface area (Å²) >= 11 is 11.9. The average Bonchev–Trinajstić information content (AvgIpc) is 2.29. The van der Waals surface area contributed by atoms with Gasteiger partial charge >= 0.3 is 0 Å². The fraction of sp³-hybridized carbons (Fsp3) is 0.417. The molecule has 2 rings (SSSR count). The topological polar surface area (TPSA) is 32.3 Å². The van der Waals surface area contributed by atoms with Crippen molar-refractivity contribution in [3.8, 4) is 0 Å². The Kier molecular flexibility index (Phi) is 3.92. The van der Waals surface area contributed by atoms with Crippen molar-refractivity contribution >= 4 is 29.1 Å². The molecule has 0 bridgehead atoms. The number of piperazine rings is 1. The summed E-state index contributed by atoms with van der Waals surface area (Å²) in [6.07, 6.45) is 0. The van der Waals surface area contributed by atoms with Crippen LogP contribution < -0.4 is 5.32 Å². The van der Waals surface area contributed by atoms with Gasteiger partial charge < -0.3 is 10.2 Å². The molecule has 1 atom stereocenters. The molecule has 0 radical (unpaired) electrons. The fourth-order valence-corrected chi connectivity index (χ4v) is 2.45. The molecule has 0 aromatic heterocycles. The molecule has 1 amide bonds. The van der Waals surface area contributed by atoms with E-state index in [0.717, 1.165) is 13.1 Å². The Morgan fingerprint density at radius 3 is 2.88 bits per heavy atom. The first-order chi connectivity index (χ1) is 8.09. The van der Waals surface area contributed by atoms with Crippen molar-refractivity contribution < 1.29 is 4.79 Å². The zero-order chi connectivity index (χ0) is 12.4. The predicted molar refractivity (Wildman–Crippen MR) is 69.8 cm³/mol. The molecule has 0 spiro atoms. The van der Waals surface area contributed by atoms with Gasteiger partial charge in [0.15, 0.2) is 0 Å². The van der Waals surface area contributed by atoms with Gasteiger partial charge in [0.25, 0.3) is 5.91 Å². The molecule has 1 fully saturated rings. The monoisotopic (exact) mass is 272 g/mol. The van der Waals surface area contributed by atoms with E-state index < -0.39 is 0 Å². The van der Waals surface area contributed by atoms with Gasteiger partial charge in [0.05, 0.1) is 10.6 Å². The van der Waals surface area contributed by atoms with Crippen molar-refractivity contribution in [3.05, 3.63) is 33.8 Å². The summed E-state index contributed by atoms with van der Waals surface area (Å²) in [7, 11) is 0. The van der Waals surface area contributed by atoms with Crippen LogP contribution in [0.3, 0.4) is 0 Å². The highest BCUT2D eigenvalue weighted by molar-refractivity contribution is 6.36. The van der Waals surface area contributed by atoms with E-state index in [1.807, 2.05) is 11.8 Å². The highest BCUT2D eigenvalue weighted by atomic mass is 35.5. The van der Waals surface area contributed by atoms with Crippen molar-refractivity contribution in [2.45, 2.75) is 13.0 Å². The fourth-order valence-electron chi connectivity index (χ4n) is 1.96. The van der Waals surface area contributed by atoms with Crippen molar-refractivity contribution in [1.82, 2.24) is 10.2 Å². The van der Waals surface area contributed by atoms with Crippen LogP contribution in [0, 0.1) is 0 Å². The number of halogens is 2. The van der Waals surface area contributed by atoms with Gasteiger partial charge in [-0.1, -0.05) is 23.2 Å². The lowest BCUT2D eigenvalue weighted by molar-refractivity contribution is 0.0656. The average molecular weight is 273 g/mol. The molecule has 3 nitrogen and oxygen atoms in total. The number of hydrogen-bond acceptors (Lipinski definition) is 2. The Hall–Kier alpha value is -0.770. The van der Waals surface area contributed by atoms with Crippen LogP contribution in [0.2, 0.25) is 10.0 Å². The number of hydrogen-bond donors (Lipinski definition) is 1. The van der Waals surface area contributed by atoms with Crippen LogP contribution in [-0.2, 0) is 0 Å². The summed E-state index contributed by atoms with van der Waals surface area (Å²) in [5.41, 5.74) is 0.518. The van der Waals surface area contributed by atoms with Crippen molar-refractivity contribution in [3.63, 3.8) is 0 Å². The summed E-state index contributed by atoms with van der Waals surface area (Å²) in [5, 5.41) is 4.20. The van der Waals surface area contributed by atoms with E-state index in [9.17, 15) is 4.79 Å². The lowest BCUT2D eigenvalue weighted by Crippen LogP contribution is -2.52. The van der Waals surface area contributed by atoms with Crippen LogP contribution in [0.5, 0.6) is 0 Å². The number of carbonyl (C=O) groups excluding carboxylic acids is 1. The molecule has 1 saturated heterocycles. The van der Waals surface area contributed by atoms with Crippen LogP contribution in [-0.4, -0.2) is 36.5 Å². The second-order valence-corrected chi connectivity index (χ2v) is 5.02. The SMILES string of the molecule is C[C@@H]1CNCCN1C(=O)c1ccc(Cl)cc1Cl. The summed E-state index contributed by atoms with van der Waals surface area (Å²) in [4.78, 5) is 14.2. The summed E-state index contributed by atoms with van der Waals surface area (Å²) in [5.74, 6) is -0.0272. The minimum Gasteiger partial charge on any atom is -0.333 e. The van der Waals surface area contributed by atoms with Gasteiger partial charge in [0, 0.05) is 30.7 Å². The number of nitrogens with one attached hydrogen (secondary N) is 1. The van der Waals surface area contributed by atoms with E-state index in [2.05, 4.69) is 5.32 Å². The van der Waals surface area contributed by atoms with E-state index in [1.54, 1.807) is 18.2 Å². The highest BCUT2D eigenvalue weighted by Gasteiger charge is 2.25. The van der Waals surface area contributed by atoms with E-state index >= 15 is 0 Å². The van der Waals surface area contributed by atoms with Gasteiger partial charge in [-0.05, 0) is 25.1 Å². The molecule has 1 aromatic carbocycles. The van der Waals surface area contributed by atoms with Crippen LogP contribution in [0.15, 0.2) is 18.2 Å². The van der Waals surface area contributed by atoms with Gasteiger partial charge in [-0.15, -0.1) is 0 Å². The Bertz CT molecular complexity index is 437. The first-order valence-corrected chi connectivity index (χ1v) is 6.32. The molecule has 0 unspecified atom stereocenters. The molecule has 1 heterocycles. The van der Waals surface area contributed by atoms with Crippen LogP contribution in [0.1, 0.15) is 17.3 Å². The molecule has 0 saturated carbocycles. The zero-order valence-corrected chi connectivity index (χ0v) is 11.1. The van der Waals surface area contributed by atoms with Gasteiger partial charge in [-0.3, -0.25) is 4.79 Å². The largest absolute Gasteiger partial charge is 0.333 e. The maximum absolute atomic E-state index is 12.3. The molecule has 5 heteroatoms. The molecule has 1 N–H and O–H groups in total.